The number of nitro groups is 1. The highest BCUT2D eigenvalue weighted by atomic mass is 79.9. The van der Waals surface area contributed by atoms with Gasteiger partial charge < -0.3 is 14.8 Å². The molecule has 2 aromatic rings. The summed E-state index contributed by atoms with van der Waals surface area (Å²) in [6, 6.07) is 8.39. The van der Waals surface area contributed by atoms with E-state index in [0.717, 1.165) is 24.3 Å². The Bertz CT molecular complexity index is 735. The van der Waals surface area contributed by atoms with Crippen LogP contribution in [0.15, 0.2) is 41.0 Å². The van der Waals surface area contributed by atoms with Crippen LogP contribution in [0.2, 0.25) is 0 Å². The average molecular weight is 394 g/mol. The van der Waals surface area contributed by atoms with Gasteiger partial charge in [-0.15, -0.1) is 0 Å². The maximum atomic E-state index is 10.8. The van der Waals surface area contributed by atoms with Gasteiger partial charge in [0.15, 0.2) is 0 Å². The number of pyridine rings is 1. The fraction of sp³-hybridized carbons (Fsp3) is 0.312. The molecule has 0 bridgehead atoms. The highest BCUT2D eigenvalue weighted by Crippen LogP contribution is 2.27. The Morgan fingerprint density at radius 2 is 2.29 bits per heavy atom. The van der Waals surface area contributed by atoms with Crippen LogP contribution in [-0.4, -0.2) is 29.2 Å². The molecular formula is C16H16BrN3O4. The molecule has 2 heterocycles. The minimum absolute atomic E-state index is 0.0470. The molecule has 3 rings (SSSR count). The van der Waals surface area contributed by atoms with Crippen LogP contribution < -0.4 is 10.1 Å². The highest BCUT2D eigenvalue weighted by molar-refractivity contribution is 9.10. The molecule has 7 nitrogen and oxygen atoms in total. The molecule has 126 valence electrons. The fourth-order valence-corrected chi connectivity index (χ4v) is 2.87. The lowest BCUT2D eigenvalue weighted by Gasteiger charge is -2.12. The summed E-state index contributed by atoms with van der Waals surface area (Å²) in [6.45, 7) is 1.87. The normalized spacial score (nSPS) is 16.8. The lowest BCUT2D eigenvalue weighted by molar-refractivity contribution is -0.384. The van der Waals surface area contributed by atoms with Gasteiger partial charge in [0.05, 0.1) is 18.1 Å². The van der Waals surface area contributed by atoms with E-state index in [1.54, 1.807) is 12.3 Å². The molecule has 1 aromatic carbocycles. The summed E-state index contributed by atoms with van der Waals surface area (Å²) in [4.78, 5) is 14.6. The topological polar surface area (TPSA) is 86.5 Å². The minimum Gasteiger partial charge on any atom is -0.472 e. The number of non-ortho nitro benzene ring substituents is 1. The van der Waals surface area contributed by atoms with Crippen LogP contribution in [0.5, 0.6) is 5.88 Å². The van der Waals surface area contributed by atoms with Crippen molar-refractivity contribution in [3.8, 4) is 5.88 Å². The number of ether oxygens (including phenoxy) is 2. The Labute approximate surface area is 147 Å². The summed E-state index contributed by atoms with van der Waals surface area (Å²) in [5.74, 6) is 0.576. The van der Waals surface area contributed by atoms with Gasteiger partial charge in [-0.25, -0.2) is 4.98 Å². The van der Waals surface area contributed by atoms with E-state index < -0.39 is 4.92 Å². The molecule has 0 radical (unpaired) electrons. The van der Waals surface area contributed by atoms with E-state index in [9.17, 15) is 10.1 Å². The van der Waals surface area contributed by atoms with E-state index in [0.29, 0.717) is 23.5 Å². The van der Waals surface area contributed by atoms with Crippen LogP contribution >= 0.6 is 15.9 Å². The maximum absolute atomic E-state index is 10.8. The molecule has 0 spiro atoms. The first-order chi connectivity index (χ1) is 11.6. The third-order valence-electron chi connectivity index (χ3n) is 3.62. The van der Waals surface area contributed by atoms with Gasteiger partial charge in [0.2, 0.25) is 5.88 Å². The molecular weight excluding hydrogens is 378 g/mol. The third kappa shape index (κ3) is 4.21. The van der Waals surface area contributed by atoms with Gasteiger partial charge >= 0.3 is 0 Å². The molecule has 24 heavy (non-hydrogen) atoms. The summed E-state index contributed by atoms with van der Waals surface area (Å²) in [6.07, 6.45) is 2.64. The zero-order valence-electron chi connectivity index (χ0n) is 12.8. The molecule has 0 saturated carbocycles. The van der Waals surface area contributed by atoms with Crippen LogP contribution in [0.1, 0.15) is 12.0 Å². The van der Waals surface area contributed by atoms with Crippen LogP contribution in [0.25, 0.3) is 0 Å². The first-order valence-electron chi connectivity index (χ1n) is 7.49. The second-order valence-corrected chi connectivity index (χ2v) is 6.23. The van der Waals surface area contributed by atoms with Gasteiger partial charge in [-0.1, -0.05) is 0 Å². The number of halogens is 1. The number of nitrogens with one attached hydrogen (secondary N) is 1. The lowest BCUT2D eigenvalue weighted by Crippen LogP contribution is -2.16. The molecule has 0 aliphatic carbocycles. The summed E-state index contributed by atoms with van der Waals surface area (Å²) in [5.41, 5.74) is 1.83. The molecule has 1 atom stereocenters. The largest absolute Gasteiger partial charge is 0.472 e. The summed E-state index contributed by atoms with van der Waals surface area (Å²) in [5, 5.41) is 14.0. The Hall–Kier alpha value is -2.19. The number of hydrogen-bond acceptors (Lipinski definition) is 6. The van der Waals surface area contributed by atoms with E-state index >= 15 is 0 Å². The van der Waals surface area contributed by atoms with Crippen molar-refractivity contribution < 1.29 is 14.4 Å². The molecule has 1 fully saturated rings. The highest BCUT2D eigenvalue weighted by Gasteiger charge is 2.17. The molecule has 1 N–H and O–H groups in total. The molecule has 1 aromatic heterocycles. The molecule has 1 aliphatic rings. The number of nitro benzene ring substituents is 1. The Morgan fingerprint density at radius 3 is 3.00 bits per heavy atom. The van der Waals surface area contributed by atoms with E-state index in [4.69, 9.17) is 9.47 Å². The van der Waals surface area contributed by atoms with E-state index in [-0.39, 0.29) is 11.8 Å². The Kier molecular flexibility index (Phi) is 5.27. The number of benzene rings is 1. The first kappa shape index (κ1) is 16.7. The van der Waals surface area contributed by atoms with Crippen molar-refractivity contribution in [2.75, 3.05) is 18.5 Å². The summed E-state index contributed by atoms with van der Waals surface area (Å²) in [7, 11) is 0. The molecule has 0 amide bonds. The second-order valence-electron chi connectivity index (χ2n) is 5.38. The number of nitrogens with zero attached hydrogens (tertiary/aromatic N) is 2. The monoisotopic (exact) mass is 393 g/mol. The van der Waals surface area contributed by atoms with Gasteiger partial charge in [0.25, 0.3) is 5.69 Å². The molecule has 1 unspecified atom stereocenters. The van der Waals surface area contributed by atoms with Crippen molar-refractivity contribution in [3.63, 3.8) is 0 Å². The fourth-order valence-electron chi connectivity index (χ4n) is 2.36. The van der Waals surface area contributed by atoms with Gasteiger partial charge in [0.1, 0.15) is 6.10 Å². The predicted octanol–water partition coefficient (Wildman–Crippen LogP) is 3.53. The average Bonchev–Trinajstić information content (AvgIpc) is 3.07. The third-order valence-corrected chi connectivity index (χ3v) is 4.28. The maximum Gasteiger partial charge on any atom is 0.270 e. The van der Waals surface area contributed by atoms with E-state index in [2.05, 4.69) is 26.2 Å². The van der Waals surface area contributed by atoms with Crippen molar-refractivity contribution in [2.24, 2.45) is 0 Å². The summed E-state index contributed by atoms with van der Waals surface area (Å²) < 4.78 is 11.7. The zero-order chi connectivity index (χ0) is 16.9. The Balaban J connectivity index is 1.63. The van der Waals surface area contributed by atoms with Gasteiger partial charge in [-0.05, 0) is 33.6 Å². The van der Waals surface area contributed by atoms with E-state index in [1.807, 2.05) is 12.1 Å². The van der Waals surface area contributed by atoms with Crippen LogP contribution in [0.3, 0.4) is 0 Å². The van der Waals surface area contributed by atoms with Gasteiger partial charge in [0, 0.05) is 47.5 Å². The zero-order valence-corrected chi connectivity index (χ0v) is 14.4. The van der Waals surface area contributed by atoms with Gasteiger partial charge in [-0.3, -0.25) is 10.1 Å². The number of hydrogen-bond donors (Lipinski definition) is 1. The lowest BCUT2D eigenvalue weighted by atomic mass is 10.2. The number of aromatic nitrogens is 1. The number of anilines is 1. The van der Waals surface area contributed by atoms with Crippen molar-refractivity contribution in [1.82, 2.24) is 4.98 Å². The molecule has 8 heteroatoms. The SMILES string of the molecule is O=[N+]([O-])c1ccc(NCc2ccnc(OC3CCOC3)c2)c(Br)c1. The predicted molar refractivity (Wildman–Crippen MR) is 92.2 cm³/mol. The Morgan fingerprint density at radius 1 is 1.42 bits per heavy atom. The van der Waals surface area contributed by atoms with Crippen LogP contribution in [-0.2, 0) is 11.3 Å². The van der Waals surface area contributed by atoms with Crippen molar-refractivity contribution >= 4 is 27.3 Å². The molecule has 1 aliphatic heterocycles. The van der Waals surface area contributed by atoms with Gasteiger partial charge in [-0.2, -0.15) is 0 Å². The van der Waals surface area contributed by atoms with Crippen LogP contribution in [0, 0.1) is 10.1 Å². The van der Waals surface area contributed by atoms with E-state index in [1.165, 1.54) is 12.1 Å². The minimum atomic E-state index is -0.423. The van der Waals surface area contributed by atoms with Crippen molar-refractivity contribution in [1.29, 1.82) is 0 Å². The second kappa shape index (κ2) is 7.59. The standard InChI is InChI=1S/C16H16BrN3O4/c17-14-8-12(20(21)22)1-2-15(14)19-9-11-3-5-18-16(7-11)24-13-4-6-23-10-13/h1-3,5,7-8,13,19H,4,6,9-10H2. The summed E-state index contributed by atoms with van der Waals surface area (Å²) >= 11 is 3.34. The van der Waals surface area contributed by atoms with Crippen molar-refractivity contribution in [3.05, 3.63) is 56.7 Å². The van der Waals surface area contributed by atoms with Crippen LogP contribution in [0.4, 0.5) is 11.4 Å². The number of rotatable bonds is 6. The smallest absolute Gasteiger partial charge is 0.270 e. The molecule has 1 saturated heterocycles. The van der Waals surface area contributed by atoms with Crippen molar-refractivity contribution in [2.45, 2.75) is 19.1 Å². The quantitative estimate of drug-likeness (QED) is 0.596. The first-order valence-corrected chi connectivity index (χ1v) is 8.28.